The van der Waals surface area contributed by atoms with Crippen molar-refractivity contribution in [2.45, 2.75) is 6.92 Å². The second-order valence-corrected chi connectivity index (χ2v) is 2.59. The van der Waals surface area contributed by atoms with E-state index in [1.54, 1.807) is 25.1 Å². The molecule has 0 bridgehead atoms. The highest BCUT2D eigenvalue weighted by molar-refractivity contribution is 5.91. The molecule has 4 heteroatoms. The van der Waals surface area contributed by atoms with Gasteiger partial charge < -0.3 is 9.57 Å². The van der Waals surface area contributed by atoms with Gasteiger partial charge in [0, 0.05) is 0 Å². The Morgan fingerprint density at radius 3 is 2.62 bits per heavy atom. The Balaban J connectivity index is 3.05. The number of hydrogen-bond donors (Lipinski definition) is 1. The van der Waals surface area contributed by atoms with Crippen LogP contribution in [0.15, 0.2) is 18.2 Å². The molecule has 0 unspecified atom stereocenters. The number of benzene rings is 1. The van der Waals surface area contributed by atoms with Gasteiger partial charge in [-0.3, -0.25) is 0 Å². The molecule has 0 saturated carbocycles. The molecule has 0 heterocycles. The van der Waals surface area contributed by atoms with E-state index < -0.39 is 0 Å². The molecule has 2 N–H and O–H groups in total. The second-order valence-electron chi connectivity index (χ2n) is 2.59. The number of nitrogens with two attached hydrogens (primary N) is 1. The summed E-state index contributed by atoms with van der Waals surface area (Å²) in [4.78, 5) is 15.7. The third-order valence-electron chi connectivity index (χ3n) is 1.74. The maximum atomic E-state index is 11.1. The fourth-order valence-corrected chi connectivity index (χ4v) is 1.05. The summed E-state index contributed by atoms with van der Waals surface area (Å²) in [5.74, 6) is 5.12. The molecular weight excluding hydrogens is 170 g/mol. The summed E-state index contributed by atoms with van der Waals surface area (Å²) in [5.41, 5.74) is 1.29. The van der Waals surface area contributed by atoms with Crippen LogP contribution in [-0.2, 0) is 4.74 Å². The zero-order valence-corrected chi connectivity index (χ0v) is 7.53. The number of aryl methyl sites for hydroxylation is 1. The quantitative estimate of drug-likeness (QED) is 0.547. The molecule has 0 spiro atoms. The summed E-state index contributed by atoms with van der Waals surface area (Å²) >= 11 is 0. The Morgan fingerprint density at radius 1 is 1.46 bits per heavy atom. The van der Waals surface area contributed by atoms with Crippen molar-refractivity contribution in [1.82, 2.24) is 0 Å². The van der Waals surface area contributed by atoms with Crippen molar-refractivity contribution in [3.05, 3.63) is 29.3 Å². The molecule has 1 aromatic rings. The van der Waals surface area contributed by atoms with Gasteiger partial charge >= 0.3 is 5.97 Å². The predicted molar refractivity (Wildman–Crippen MR) is 47.3 cm³/mol. The molecule has 70 valence electrons. The van der Waals surface area contributed by atoms with E-state index in [-0.39, 0.29) is 5.97 Å². The zero-order valence-electron chi connectivity index (χ0n) is 7.53. The summed E-state index contributed by atoms with van der Waals surface area (Å²) in [6.45, 7) is 1.79. The standard InChI is InChI=1S/C9H11NO3/c1-6-5-7(13-10)3-4-8(6)9(11)12-2/h3-5H,10H2,1-2H3. The molecule has 0 saturated heterocycles. The van der Waals surface area contributed by atoms with Gasteiger partial charge in [-0.1, -0.05) is 0 Å². The maximum absolute atomic E-state index is 11.1. The smallest absolute Gasteiger partial charge is 0.338 e. The number of esters is 1. The molecule has 1 aromatic carbocycles. The average molecular weight is 181 g/mol. The largest absolute Gasteiger partial charge is 0.465 e. The van der Waals surface area contributed by atoms with Crippen LogP contribution in [-0.4, -0.2) is 13.1 Å². The Morgan fingerprint density at radius 2 is 2.15 bits per heavy atom. The summed E-state index contributed by atoms with van der Waals surface area (Å²) in [5, 5.41) is 0. The molecular formula is C9H11NO3. The molecule has 1 rings (SSSR count). The van der Waals surface area contributed by atoms with Gasteiger partial charge in [-0.2, -0.15) is 5.90 Å². The first-order valence-corrected chi connectivity index (χ1v) is 3.74. The van der Waals surface area contributed by atoms with Gasteiger partial charge in [-0.05, 0) is 30.7 Å². The van der Waals surface area contributed by atoms with Crippen LogP contribution in [0, 0.1) is 6.92 Å². The summed E-state index contributed by atoms with van der Waals surface area (Å²) in [6.07, 6.45) is 0. The number of rotatable bonds is 2. The zero-order chi connectivity index (χ0) is 9.84. The number of ether oxygens (including phenoxy) is 1. The number of methoxy groups -OCH3 is 1. The molecule has 0 radical (unpaired) electrons. The van der Waals surface area contributed by atoms with Crippen LogP contribution in [0.25, 0.3) is 0 Å². The number of hydrogen-bond acceptors (Lipinski definition) is 4. The highest BCUT2D eigenvalue weighted by Gasteiger charge is 2.08. The Labute approximate surface area is 76.2 Å². The molecule has 0 amide bonds. The van der Waals surface area contributed by atoms with E-state index in [1.165, 1.54) is 7.11 Å². The highest BCUT2D eigenvalue weighted by Crippen LogP contribution is 2.16. The third-order valence-corrected chi connectivity index (χ3v) is 1.74. The van der Waals surface area contributed by atoms with Gasteiger partial charge in [0.2, 0.25) is 0 Å². The summed E-state index contributed by atoms with van der Waals surface area (Å²) in [7, 11) is 1.34. The van der Waals surface area contributed by atoms with Gasteiger partial charge in [0.25, 0.3) is 0 Å². The lowest BCUT2D eigenvalue weighted by Crippen LogP contribution is -2.06. The van der Waals surface area contributed by atoms with Crippen molar-refractivity contribution in [1.29, 1.82) is 0 Å². The van der Waals surface area contributed by atoms with E-state index in [0.29, 0.717) is 11.3 Å². The van der Waals surface area contributed by atoms with Crippen molar-refractivity contribution < 1.29 is 14.4 Å². The summed E-state index contributed by atoms with van der Waals surface area (Å²) < 4.78 is 4.58. The van der Waals surface area contributed by atoms with Crippen molar-refractivity contribution in [3.63, 3.8) is 0 Å². The van der Waals surface area contributed by atoms with Gasteiger partial charge in [-0.25, -0.2) is 4.79 Å². The van der Waals surface area contributed by atoms with Crippen molar-refractivity contribution in [3.8, 4) is 5.75 Å². The second kappa shape index (κ2) is 3.91. The monoisotopic (exact) mass is 181 g/mol. The topological polar surface area (TPSA) is 61.5 Å². The SMILES string of the molecule is COC(=O)c1ccc(ON)cc1C. The Hall–Kier alpha value is -1.55. The van der Waals surface area contributed by atoms with Crippen molar-refractivity contribution in [2.24, 2.45) is 5.90 Å². The minimum absolute atomic E-state index is 0.360. The Bertz CT molecular complexity index is 323. The fraction of sp³-hybridized carbons (Fsp3) is 0.222. The lowest BCUT2D eigenvalue weighted by atomic mass is 10.1. The van der Waals surface area contributed by atoms with Gasteiger partial charge in [0.1, 0.15) is 5.75 Å². The number of carbonyl (C=O) groups is 1. The van der Waals surface area contributed by atoms with E-state index in [2.05, 4.69) is 9.57 Å². The van der Waals surface area contributed by atoms with Crippen LogP contribution in [0.3, 0.4) is 0 Å². The number of carbonyl (C=O) groups excluding carboxylic acids is 1. The van der Waals surface area contributed by atoms with Crippen LogP contribution in [0.2, 0.25) is 0 Å². The van der Waals surface area contributed by atoms with Gasteiger partial charge in [0.15, 0.2) is 0 Å². The minimum Gasteiger partial charge on any atom is -0.465 e. The first-order chi connectivity index (χ1) is 6.19. The minimum atomic E-state index is -0.360. The molecule has 0 atom stereocenters. The molecule has 0 aliphatic rings. The lowest BCUT2D eigenvalue weighted by Gasteiger charge is -2.04. The first-order valence-electron chi connectivity index (χ1n) is 3.74. The first kappa shape index (κ1) is 9.54. The van der Waals surface area contributed by atoms with Crippen LogP contribution in [0.5, 0.6) is 5.75 Å². The normalized spacial score (nSPS) is 9.46. The van der Waals surface area contributed by atoms with Crippen LogP contribution in [0.1, 0.15) is 15.9 Å². The van der Waals surface area contributed by atoms with E-state index in [1.807, 2.05) is 0 Å². The molecule has 0 fully saturated rings. The van der Waals surface area contributed by atoms with Gasteiger partial charge in [-0.15, -0.1) is 0 Å². The van der Waals surface area contributed by atoms with E-state index in [0.717, 1.165) is 5.56 Å². The van der Waals surface area contributed by atoms with Crippen molar-refractivity contribution >= 4 is 5.97 Å². The maximum Gasteiger partial charge on any atom is 0.338 e. The van der Waals surface area contributed by atoms with Crippen molar-refractivity contribution in [2.75, 3.05) is 7.11 Å². The van der Waals surface area contributed by atoms with Crippen LogP contribution >= 0.6 is 0 Å². The predicted octanol–water partition coefficient (Wildman–Crippen LogP) is 1.03. The molecule has 0 aliphatic carbocycles. The van der Waals surface area contributed by atoms with E-state index in [4.69, 9.17) is 5.90 Å². The average Bonchev–Trinajstić information content (AvgIpc) is 2.16. The molecule has 13 heavy (non-hydrogen) atoms. The van der Waals surface area contributed by atoms with E-state index in [9.17, 15) is 4.79 Å². The lowest BCUT2D eigenvalue weighted by molar-refractivity contribution is 0.0600. The Kier molecular flexibility index (Phi) is 2.87. The molecule has 4 nitrogen and oxygen atoms in total. The molecule has 0 aromatic heterocycles. The van der Waals surface area contributed by atoms with Crippen LogP contribution < -0.4 is 10.7 Å². The van der Waals surface area contributed by atoms with E-state index >= 15 is 0 Å². The van der Waals surface area contributed by atoms with Gasteiger partial charge in [0.05, 0.1) is 12.7 Å². The molecule has 0 aliphatic heterocycles. The summed E-state index contributed by atoms with van der Waals surface area (Å²) in [6, 6.07) is 4.90. The van der Waals surface area contributed by atoms with Crippen LogP contribution in [0.4, 0.5) is 0 Å². The highest BCUT2D eigenvalue weighted by atomic mass is 16.6. The third kappa shape index (κ3) is 1.97. The fourth-order valence-electron chi connectivity index (χ4n) is 1.05.